The molecule has 0 radical (unpaired) electrons. The van der Waals surface area contributed by atoms with Gasteiger partial charge in [0.2, 0.25) is 6.41 Å². The fourth-order valence-corrected chi connectivity index (χ4v) is 4.89. The highest BCUT2D eigenvalue weighted by atomic mass is 32.2. The first kappa shape index (κ1) is 23.4. The molecule has 31 heavy (non-hydrogen) atoms. The van der Waals surface area contributed by atoms with Crippen molar-refractivity contribution < 1.29 is 27.1 Å². The van der Waals surface area contributed by atoms with E-state index in [4.69, 9.17) is 4.74 Å². The van der Waals surface area contributed by atoms with Crippen LogP contribution in [-0.2, 0) is 16.5 Å². The van der Waals surface area contributed by atoms with Crippen LogP contribution in [0.15, 0.2) is 41.3 Å². The fraction of sp³-hybridized carbons (Fsp3) is 0.409. The van der Waals surface area contributed by atoms with Crippen molar-refractivity contribution in [1.29, 1.82) is 0 Å². The standard InChI is InChI=1S/C22H24F4N2O2S/c1-27-9-5-8-21(13-27,15-6-4-7-17(23)10-15)28(14-29)20-18(30-2)11-16(22(24,25)26)12-19(20)31-3/h4,6-7,10-12,14H,5,8-9,13H2,1-3H3. The van der Waals surface area contributed by atoms with Gasteiger partial charge in [-0.15, -0.1) is 11.8 Å². The van der Waals surface area contributed by atoms with Gasteiger partial charge in [0.1, 0.15) is 17.3 Å². The van der Waals surface area contributed by atoms with Crippen LogP contribution in [0.25, 0.3) is 0 Å². The van der Waals surface area contributed by atoms with E-state index in [0.29, 0.717) is 24.9 Å². The quantitative estimate of drug-likeness (QED) is 0.342. The predicted molar refractivity (Wildman–Crippen MR) is 113 cm³/mol. The van der Waals surface area contributed by atoms with Gasteiger partial charge in [0.25, 0.3) is 0 Å². The third-order valence-electron chi connectivity index (χ3n) is 5.64. The molecular weight excluding hydrogens is 432 g/mol. The number of hydrogen-bond donors (Lipinski definition) is 0. The van der Waals surface area contributed by atoms with Crippen molar-refractivity contribution in [2.45, 2.75) is 29.5 Å². The van der Waals surface area contributed by atoms with Crippen LogP contribution in [0.2, 0.25) is 0 Å². The Balaban J connectivity index is 2.28. The third kappa shape index (κ3) is 4.52. The molecule has 0 saturated carbocycles. The molecule has 0 bridgehead atoms. The summed E-state index contributed by atoms with van der Waals surface area (Å²) in [7, 11) is 3.17. The molecule has 0 aliphatic carbocycles. The number of nitrogens with zero attached hydrogens (tertiary/aromatic N) is 2. The van der Waals surface area contributed by atoms with Crippen molar-refractivity contribution in [3.63, 3.8) is 0 Å². The summed E-state index contributed by atoms with van der Waals surface area (Å²) in [5.41, 5.74) is -0.990. The zero-order valence-electron chi connectivity index (χ0n) is 17.5. The Morgan fingerprint density at radius 1 is 1.26 bits per heavy atom. The SMILES string of the molecule is COc1cc(C(F)(F)F)cc(SC)c1N(C=O)C1(c2cccc(F)c2)CCCN(C)C1. The maximum absolute atomic E-state index is 14.2. The Hall–Kier alpha value is -2.26. The van der Waals surface area contributed by atoms with E-state index in [2.05, 4.69) is 0 Å². The molecule has 2 aromatic rings. The van der Waals surface area contributed by atoms with Gasteiger partial charge in [0, 0.05) is 11.4 Å². The number of carbonyl (C=O) groups is 1. The summed E-state index contributed by atoms with van der Waals surface area (Å²) in [6.07, 6.45) is -1.06. The lowest BCUT2D eigenvalue weighted by atomic mass is 9.80. The lowest BCUT2D eigenvalue weighted by Crippen LogP contribution is -2.56. The molecule has 1 aliphatic rings. The molecule has 1 unspecified atom stereocenters. The van der Waals surface area contributed by atoms with Crippen LogP contribution in [0, 0.1) is 5.82 Å². The molecule has 0 N–H and O–H groups in total. The Morgan fingerprint density at radius 3 is 2.55 bits per heavy atom. The summed E-state index contributed by atoms with van der Waals surface area (Å²) in [4.78, 5) is 16.2. The van der Waals surface area contributed by atoms with Gasteiger partial charge in [-0.3, -0.25) is 9.69 Å². The number of likely N-dealkylation sites (tertiary alicyclic amines) is 1. The maximum atomic E-state index is 14.2. The van der Waals surface area contributed by atoms with E-state index in [9.17, 15) is 22.4 Å². The first-order chi connectivity index (χ1) is 14.7. The van der Waals surface area contributed by atoms with E-state index in [1.54, 1.807) is 18.4 Å². The lowest BCUT2D eigenvalue weighted by molar-refractivity contribution is -0.137. The molecule has 4 nitrogen and oxygen atoms in total. The smallest absolute Gasteiger partial charge is 0.416 e. The normalized spacial score (nSPS) is 19.8. The number of halogens is 4. The van der Waals surface area contributed by atoms with Crippen LogP contribution in [0.4, 0.5) is 23.2 Å². The molecule has 1 heterocycles. The van der Waals surface area contributed by atoms with E-state index in [1.807, 2.05) is 11.9 Å². The zero-order chi connectivity index (χ0) is 22.8. The van der Waals surface area contributed by atoms with E-state index in [1.165, 1.54) is 24.1 Å². The Kier molecular flexibility index (Phi) is 6.85. The molecule has 3 rings (SSSR count). The number of thioether (sulfide) groups is 1. The van der Waals surface area contributed by atoms with E-state index >= 15 is 0 Å². The number of amides is 1. The van der Waals surface area contributed by atoms with Gasteiger partial charge >= 0.3 is 6.18 Å². The summed E-state index contributed by atoms with van der Waals surface area (Å²) in [5.74, 6) is -0.504. The number of hydrogen-bond acceptors (Lipinski definition) is 4. The number of benzene rings is 2. The highest BCUT2D eigenvalue weighted by Crippen LogP contribution is 2.48. The number of alkyl halides is 3. The molecule has 1 fully saturated rings. The molecule has 1 amide bonds. The minimum Gasteiger partial charge on any atom is -0.495 e. The first-order valence-corrected chi connectivity index (χ1v) is 10.9. The van der Waals surface area contributed by atoms with Crippen LogP contribution in [0.1, 0.15) is 24.0 Å². The number of ether oxygens (including phenoxy) is 1. The Labute approximate surface area is 183 Å². The van der Waals surface area contributed by atoms with Gasteiger partial charge < -0.3 is 9.64 Å². The average molecular weight is 457 g/mol. The van der Waals surface area contributed by atoms with Gasteiger partial charge in [-0.05, 0) is 62.5 Å². The van der Waals surface area contributed by atoms with Crippen LogP contribution in [0.5, 0.6) is 5.75 Å². The summed E-state index contributed by atoms with van der Waals surface area (Å²) in [5, 5.41) is 0. The molecule has 0 aromatic heterocycles. The second kappa shape index (κ2) is 9.08. The third-order valence-corrected chi connectivity index (χ3v) is 6.39. The van der Waals surface area contributed by atoms with E-state index in [-0.39, 0.29) is 16.3 Å². The van der Waals surface area contributed by atoms with Gasteiger partial charge in [-0.2, -0.15) is 13.2 Å². The summed E-state index contributed by atoms with van der Waals surface area (Å²) < 4.78 is 59.8. The minimum absolute atomic E-state index is 0.0599. The van der Waals surface area contributed by atoms with Gasteiger partial charge in [0.05, 0.1) is 18.2 Å². The highest BCUT2D eigenvalue weighted by molar-refractivity contribution is 7.98. The predicted octanol–water partition coefficient (Wildman–Crippen LogP) is 5.16. The van der Waals surface area contributed by atoms with Gasteiger partial charge in [-0.1, -0.05) is 12.1 Å². The molecule has 1 saturated heterocycles. The molecule has 0 spiro atoms. The average Bonchev–Trinajstić information content (AvgIpc) is 2.73. The molecule has 168 valence electrons. The Bertz CT molecular complexity index is 928. The zero-order valence-corrected chi connectivity index (χ0v) is 18.3. The lowest BCUT2D eigenvalue weighted by Gasteiger charge is -2.48. The summed E-state index contributed by atoms with van der Waals surface area (Å²) in [6, 6.07) is 7.94. The molecule has 1 atom stereocenters. The number of anilines is 1. The van der Waals surface area contributed by atoms with E-state index in [0.717, 1.165) is 36.9 Å². The van der Waals surface area contributed by atoms with Crippen molar-refractivity contribution >= 4 is 23.9 Å². The number of rotatable bonds is 6. The number of methoxy groups -OCH3 is 1. The largest absolute Gasteiger partial charge is 0.495 e. The van der Waals surface area contributed by atoms with Crippen LogP contribution < -0.4 is 9.64 Å². The molecule has 9 heteroatoms. The van der Waals surface area contributed by atoms with Crippen molar-refractivity contribution in [3.05, 3.63) is 53.3 Å². The van der Waals surface area contributed by atoms with Crippen molar-refractivity contribution in [3.8, 4) is 5.75 Å². The second-order valence-corrected chi connectivity index (χ2v) is 8.43. The Morgan fingerprint density at radius 2 is 2.00 bits per heavy atom. The summed E-state index contributed by atoms with van der Waals surface area (Å²) in [6.45, 7) is 1.19. The van der Waals surface area contributed by atoms with Gasteiger partial charge in [-0.25, -0.2) is 4.39 Å². The van der Waals surface area contributed by atoms with Crippen molar-refractivity contribution in [2.75, 3.05) is 38.4 Å². The maximum Gasteiger partial charge on any atom is 0.416 e. The van der Waals surface area contributed by atoms with Crippen LogP contribution >= 0.6 is 11.8 Å². The molecule has 1 aliphatic heterocycles. The molecule has 2 aromatic carbocycles. The monoisotopic (exact) mass is 456 g/mol. The van der Waals surface area contributed by atoms with Crippen molar-refractivity contribution in [2.24, 2.45) is 0 Å². The van der Waals surface area contributed by atoms with Crippen LogP contribution in [0.3, 0.4) is 0 Å². The molecular formula is C22H24F4N2O2S. The fourth-order valence-electron chi connectivity index (χ4n) is 4.26. The number of carbonyl (C=O) groups excluding carboxylic acids is 1. The number of piperidine rings is 1. The highest BCUT2D eigenvalue weighted by Gasteiger charge is 2.44. The van der Waals surface area contributed by atoms with E-state index < -0.39 is 23.1 Å². The van der Waals surface area contributed by atoms with Gasteiger partial charge in [0.15, 0.2) is 0 Å². The topological polar surface area (TPSA) is 32.8 Å². The van der Waals surface area contributed by atoms with Crippen LogP contribution in [-0.4, -0.2) is 44.8 Å². The summed E-state index contributed by atoms with van der Waals surface area (Å²) >= 11 is 1.09. The second-order valence-electron chi connectivity index (χ2n) is 7.59. The van der Waals surface area contributed by atoms with Crippen molar-refractivity contribution in [1.82, 2.24) is 4.90 Å². The number of likely N-dealkylation sites (N-methyl/N-ethyl adjacent to an activating group) is 1. The first-order valence-electron chi connectivity index (χ1n) is 9.68. The minimum atomic E-state index is -4.56.